The zero-order chi connectivity index (χ0) is 16.3. The van der Waals surface area contributed by atoms with E-state index in [0.717, 1.165) is 5.69 Å². The van der Waals surface area contributed by atoms with Crippen molar-refractivity contribution in [2.24, 2.45) is 0 Å². The van der Waals surface area contributed by atoms with Gasteiger partial charge in [0.15, 0.2) is 0 Å². The Hall–Kier alpha value is -2.76. The number of pyridine rings is 1. The van der Waals surface area contributed by atoms with Gasteiger partial charge >= 0.3 is 0 Å². The van der Waals surface area contributed by atoms with Crippen molar-refractivity contribution in [3.05, 3.63) is 57.5 Å². The average Bonchev–Trinajstić information content (AvgIpc) is 2.46. The van der Waals surface area contributed by atoms with Crippen molar-refractivity contribution in [2.45, 2.75) is 26.9 Å². The van der Waals surface area contributed by atoms with Crippen LogP contribution in [0.5, 0.6) is 11.5 Å². The summed E-state index contributed by atoms with van der Waals surface area (Å²) in [7, 11) is 0. The first kappa shape index (κ1) is 15.6. The van der Waals surface area contributed by atoms with Gasteiger partial charge in [-0.1, -0.05) is 0 Å². The normalized spacial score (nSPS) is 10.5. The van der Waals surface area contributed by atoms with Gasteiger partial charge in [0.1, 0.15) is 17.1 Å². The Bertz CT molecular complexity index is 765. The smallest absolute Gasteiger partial charge is 0.263 e. The fourth-order valence-electron chi connectivity index (χ4n) is 2.21. The summed E-state index contributed by atoms with van der Waals surface area (Å²) in [6.45, 7) is 4.19. The quantitative estimate of drug-likeness (QED) is 0.798. The van der Waals surface area contributed by atoms with Crippen LogP contribution in [0.3, 0.4) is 0 Å². The Kier molecular flexibility index (Phi) is 4.50. The topological polar surface area (TPSA) is 91.6 Å². The number of hydrogen-bond donors (Lipinski definition) is 3. The molecule has 3 N–H and O–H groups in total. The third-order valence-corrected chi connectivity index (χ3v) is 3.46. The van der Waals surface area contributed by atoms with Crippen molar-refractivity contribution in [1.82, 2.24) is 9.88 Å². The Morgan fingerprint density at radius 2 is 1.95 bits per heavy atom. The van der Waals surface area contributed by atoms with Crippen LogP contribution in [-0.2, 0) is 13.1 Å². The van der Waals surface area contributed by atoms with Gasteiger partial charge in [-0.05, 0) is 38.1 Å². The molecule has 22 heavy (non-hydrogen) atoms. The third kappa shape index (κ3) is 3.11. The molecule has 0 aliphatic heterocycles. The van der Waals surface area contributed by atoms with Crippen LogP contribution < -0.4 is 10.9 Å². The summed E-state index contributed by atoms with van der Waals surface area (Å²) in [5.74, 6) is -0.674. The molecule has 0 atom stereocenters. The molecule has 0 fully saturated rings. The lowest BCUT2D eigenvalue weighted by atomic mass is 10.1. The van der Waals surface area contributed by atoms with E-state index in [1.165, 1.54) is 28.8 Å². The van der Waals surface area contributed by atoms with Crippen molar-refractivity contribution in [3.8, 4) is 11.5 Å². The molecular formula is C16H18N2O4. The fraction of sp³-hybridized carbons (Fsp3) is 0.250. The summed E-state index contributed by atoms with van der Waals surface area (Å²) in [4.78, 5) is 24.3. The van der Waals surface area contributed by atoms with Crippen molar-refractivity contribution in [3.63, 3.8) is 0 Å². The van der Waals surface area contributed by atoms with Gasteiger partial charge < -0.3 is 20.1 Å². The van der Waals surface area contributed by atoms with Crippen molar-refractivity contribution in [1.29, 1.82) is 0 Å². The zero-order valence-electron chi connectivity index (χ0n) is 12.5. The summed E-state index contributed by atoms with van der Waals surface area (Å²) >= 11 is 0. The van der Waals surface area contributed by atoms with E-state index in [0.29, 0.717) is 12.1 Å². The molecule has 1 heterocycles. The number of aromatic nitrogens is 1. The number of aryl methyl sites for hydroxylation is 1. The number of carbonyl (C=O) groups is 1. The van der Waals surface area contributed by atoms with Crippen molar-refractivity contribution >= 4 is 5.91 Å². The van der Waals surface area contributed by atoms with E-state index in [2.05, 4.69) is 5.32 Å². The Balaban J connectivity index is 2.18. The van der Waals surface area contributed by atoms with Crippen LogP contribution in [0, 0.1) is 6.92 Å². The number of benzene rings is 1. The van der Waals surface area contributed by atoms with E-state index >= 15 is 0 Å². The minimum atomic E-state index is -0.500. The second kappa shape index (κ2) is 6.34. The second-order valence-corrected chi connectivity index (χ2v) is 4.93. The van der Waals surface area contributed by atoms with Crippen molar-refractivity contribution < 1.29 is 15.0 Å². The third-order valence-electron chi connectivity index (χ3n) is 3.46. The van der Waals surface area contributed by atoms with E-state index in [9.17, 15) is 19.8 Å². The summed E-state index contributed by atoms with van der Waals surface area (Å²) in [5.41, 5.74) is 0.968. The zero-order valence-corrected chi connectivity index (χ0v) is 12.5. The highest BCUT2D eigenvalue weighted by Crippen LogP contribution is 2.22. The molecule has 1 amide bonds. The first-order valence-electron chi connectivity index (χ1n) is 6.93. The lowest BCUT2D eigenvalue weighted by Gasteiger charge is -2.10. The number of aromatic hydroxyl groups is 2. The molecule has 0 saturated heterocycles. The average molecular weight is 302 g/mol. The number of phenolic OH excluding ortho intramolecular Hbond substituents is 2. The number of carbonyl (C=O) groups excluding carboxylic acids is 1. The molecular weight excluding hydrogens is 284 g/mol. The first-order valence-corrected chi connectivity index (χ1v) is 6.93. The molecule has 0 aliphatic carbocycles. The fourth-order valence-corrected chi connectivity index (χ4v) is 2.21. The Morgan fingerprint density at radius 3 is 2.59 bits per heavy atom. The summed E-state index contributed by atoms with van der Waals surface area (Å²) in [6, 6.07) is 7.33. The molecule has 1 aromatic carbocycles. The Morgan fingerprint density at radius 1 is 1.23 bits per heavy atom. The number of rotatable bonds is 4. The van der Waals surface area contributed by atoms with Crippen LogP contribution in [0.1, 0.15) is 28.5 Å². The summed E-state index contributed by atoms with van der Waals surface area (Å²) in [5, 5.41) is 21.5. The van der Waals surface area contributed by atoms with E-state index in [1.54, 1.807) is 13.0 Å². The molecule has 2 aromatic rings. The van der Waals surface area contributed by atoms with Gasteiger partial charge in [0, 0.05) is 30.4 Å². The monoisotopic (exact) mass is 302 g/mol. The van der Waals surface area contributed by atoms with Crippen LogP contribution in [0.15, 0.2) is 35.1 Å². The summed E-state index contributed by atoms with van der Waals surface area (Å²) < 4.78 is 1.52. The van der Waals surface area contributed by atoms with Crippen LogP contribution in [-0.4, -0.2) is 20.7 Å². The molecule has 0 spiro atoms. The number of nitrogens with zero attached hydrogens (tertiary/aromatic N) is 1. The maximum absolute atomic E-state index is 12.2. The van der Waals surface area contributed by atoms with E-state index in [4.69, 9.17) is 0 Å². The highest BCUT2D eigenvalue weighted by molar-refractivity contribution is 5.93. The number of amides is 1. The lowest BCUT2D eigenvalue weighted by molar-refractivity contribution is 0.0948. The minimum absolute atomic E-state index is 0.0584. The molecule has 0 radical (unpaired) electrons. The van der Waals surface area contributed by atoms with Crippen LogP contribution in [0.25, 0.3) is 0 Å². The molecule has 6 heteroatoms. The number of phenols is 2. The largest absolute Gasteiger partial charge is 0.508 e. The Labute approximate surface area is 127 Å². The molecule has 116 valence electrons. The van der Waals surface area contributed by atoms with Gasteiger partial charge in [-0.25, -0.2) is 0 Å². The first-order chi connectivity index (χ1) is 10.4. The molecule has 0 unspecified atom stereocenters. The highest BCUT2D eigenvalue weighted by Gasteiger charge is 2.13. The maximum Gasteiger partial charge on any atom is 0.263 e. The standard InChI is InChI=1S/C16H18N2O4/c1-3-18-10(2)4-7-13(16(18)22)15(21)17-9-11-5-6-12(19)8-14(11)20/h4-8,19-20H,3,9H2,1-2H3,(H,17,21). The SMILES string of the molecule is CCn1c(C)ccc(C(=O)NCc2ccc(O)cc2O)c1=O. The van der Waals surface area contributed by atoms with E-state index < -0.39 is 5.91 Å². The van der Waals surface area contributed by atoms with Gasteiger partial charge in [-0.2, -0.15) is 0 Å². The van der Waals surface area contributed by atoms with Gasteiger partial charge in [-0.3, -0.25) is 9.59 Å². The second-order valence-electron chi connectivity index (χ2n) is 4.93. The molecule has 2 rings (SSSR count). The van der Waals surface area contributed by atoms with Crippen LogP contribution in [0.4, 0.5) is 0 Å². The lowest BCUT2D eigenvalue weighted by Crippen LogP contribution is -2.33. The number of nitrogens with one attached hydrogen (secondary N) is 1. The highest BCUT2D eigenvalue weighted by atomic mass is 16.3. The predicted molar refractivity (Wildman–Crippen MR) is 82.1 cm³/mol. The maximum atomic E-state index is 12.2. The van der Waals surface area contributed by atoms with Gasteiger partial charge in [-0.15, -0.1) is 0 Å². The molecule has 0 bridgehead atoms. The van der Waals surface area contributed by atoms with Crippen LogP contribution >= 0.6 is 0 Å². The minimum Gasteiger partial charge on any atom is -0.508 e. The summed E-state index contributed by atoms with van der Waals surface area (Å²) in [6.07, 6.45) is 0. The molecule has 0 saturated carbocycles. The van der Waals surface area contributed by atoms with Gasteiger partial charge in [0.25, 0.3) is 11.5 Å². The number of hydrogen-bond acceptors (Lipinski definition) is 4. The van der Waals surface area contributed by atoms with Crippen LogP contribution in [0.2, 0.25) is 0 Å². The molecule has 6 nitrogen and oxygen atoms in total. The van der Waals surface area contributed by atoms with E-state index in [-0.39, 0.29) is 29.2 Å². The van der Waals surface area contributed by atoms with Gasteiger partial charge in [0.2, 0.25) is 0 Å². The molecule has 1 aromatic heterocycles. The van der Waals surface area contributed by atoms with Gasteiger partial charge in [0.05, 0.1) is 0 Å². The molecule has 0 aliphatic rings. The van der Waals surface area contributed by atoms with E-state index in [1.807, 2.05) is 6.92 Å². The van der Waals surface area contributed by atoms with Crippen molar-refractivity contribution in [2.75, 3.05) is 0 Å². The predicted octanol–water partition coefficient (Wildman–Crippen LogP) is 1.52.